The molecular formula is C20H46O6Si5. The standard InChI is InChI=1S/C20H46O6Si5/c1-13-18(22-19(21)17(2)3)27-31(26-30(10,11)12)16-14-15-20(25-31,23-28(4,5)6)24-29(7,8)9/h18H,2,13-16,27H2,1,3-12H3. The van der Waals surface area contributed by atoms with Gasteiger partial charge < -0.3 is 22.1 Å². The summed E-state index contributed by atoms with van der Waals surface area (Å²) in [5.41, 5.74) is 0.291. The van der Waals surface area contributed by atoms with E-state index in [1.165, 1.54) is 0 Å². The van der Waals surface area contributed by atoms with Crippen LogP contribution < -0.4 is 0 Å². The Morgan fingerprint density at radius 3 is 1.97 bits per heavy atom. The fourth-order valence-electron chi connectivity index (χ4n) is 3.74. The minimum Gasteiger partial charge on any atom is -0.464 e. The van der Waals surface area contributed by atoms with E-state index in [-0.39, 0.29) is 11.7 Å². The summed E-state index contributed by atoms with van der Waals surface area (Å²) in [4.78, 5) is 12.3. The molecule has 182 valence electrons. The predicted octanol–water partition coefficient (Wildman–Crippen LogP) is 4.97. The van der Waals surface area contributed by atoms with E-state index < -0.39 is 48.0 Å². The molecular weight excluding hydrogens is 477 g/mol. The fourth-order valence-corrected chi connectivity index (χ4v) is 24.8. The van der Waals surface area contributed by atoms with E-state index in [1.54, 1.807) is 6.92 Å². The van der Waals surface area contributed by atoms with Gasteiger partial charge in [-0.15, -0.1) is 0 Å². The van der Waals surface area contributed by atoms with E-state index in [9.17, 15) is 4.79 Å². The molecule has 0 aromatic rings. The van der Waals surface area contributed by atoms with Gasteiger partial charge in [-0.25, -0.2) is 4.79 Å². The highest BCUT2D eigenvalue weighted by Gasteiger charge is 2.56. The van der Waals surface area contributed by atoms with Gasteiger partial charge in [0.1, 0.15) is 9.04 Å². The Morgan fingerprint density at radius 1 is 1.06 bits per heavy atom. The Labute approximate surface area is 196 Å². The van der Waals surface area contributed by atoms with E-state index in [0.29, 0.717) is 5.57 Å². The summed E-state index contributed by atoms with van der Waals surface area (Å²) >= 11 is 0. The Morgan fingerprint density at radius 2 is 1.58 bits per heavy atom. The minimum absolute atomic E-state index is 0.137. The van der Waals surface area contributed by atoms with Crippen LogP contribution in [0, 0.1) is 0 Å². The van der Waals surface area contributed by atoms with Crippen molar-refractivity contribution in [1.82, 2.24) is 0 Å². The number of rotatable bonds is 11. The van der Waals surface area contributed by atoms with Crippen LogP contribution >= 0.6 is 0 Å². The molecule has 0 aromatic heterocycles. The first-order valence-electron chi connectivity index (χ1n) is 11.5. The maximum Gasteiger partial charge on any atom is 0.333 e. The van der Waals surface area contributed by atoms with E-state index in [1.807, 2.05) is 0 Å². The maximum atomic E-state index is 12.3. The Kier molecular flexibility index (Phi) is 9.97. The summed E-state index contributed by atoms with van der Waals surface area (Å²) < 4.78 is 33.0. The average molecular weight is 523 g/mol. The van der Waals surface area contributed by atoms with Crippen LogP contribution in [0.4, 0.5) is 0 Å². The predicted molar refractivity (Wildman–Crippen MR) is 140 cm³/mol. The third-order valence-corrected chi connectivity index (χ3v) is 19.8. The number of carbonyl (C=O) groups is 1. The number of carbonyl (C=O) groups excluding carboxylic acids is 1. The highest BCUT2D eigenvalue weighted by atomic mass is 29.2. The van der Waals surface area contributed by atoms with Crippen LogP contribution in [0.1, 0.15) is 33.1 Å². The van der Waals surface area contributed by atoms with Crippen molar-refractivity contribution in [2.75, 3.05) is 0 Å². The van der Waals surface area contributed by atoms with Crippen LogP contribution in [-0.2, 0) is 26.9 Å². The zero-order chi connectivity index (χ0) is 24.3. The molecule has 0 saturated carbocycles. The smallest absolute Gasteiger partial charge is 0.333 e. The third-order valence-electron chi connectivity index (χ3n) is 4.41. The van der Waals surface area contributed by atoms with Gasteiger partial charge in [0.2, 0.25) is 0 Å². The molecule has 1 aliphatic heterocycles. The van der Waals surface area contributed by atoms with Crippen molar-refractivity contribution in [3.8, 4) is 0 Å². The minimum atomic E-state index is -2.65. The Hall–Kier alpha value is 0.134. The first kappa shape index (κ1) is 29.2. The normalized spacial score (nSPS) is 23.7. The van der Waals surface area contributed by atoms with Crippen LogP contribution in [-0.4, -0.2) is 59.7 Å². The van der Waals surface area contributed by atoms with Gasteiger partial charge in [-0.05, 0) is 84.7 Å². The molecule has 1 fully saturated rings. The molecule has 0 amide bonds. The van der Waals surface area contributed by atoms with Crippen molar-refractivity contribution >= 4 is 48.0 Å². The number of hydrogen-bond donors (Lipinski definition) is 0. The van der Waals surface area contributed by atoms with Gasteiger partial charge in [0.25, 0.3) is 5.97 Å². The highest BCUT2D eigenvalue weighted by Crippen LogP contribution is 2.41. The summed E-state index contributed by atoms with van der Waals surface area (Å²) in [6.45, 7) is 27.1. The van der Waals surface area contributed by atoms with E-state index in [0.717, 1.165) is 25.3 Å². The zero-order valence-electron chi connectivity index (χ0n) is 21.8. The molecule has 0 radical (unpaired) electrons. The molecule has 2 atom stereocenters. The third kappa shape index (κ3) is 10.7. The van der Waals surface area contributed by atoms with Crippen LogP contribution in [0.3, 0.4) is 0 Å². The lowest BCUT2D eigenvalue weighted by Gasteiger charge is -2.51. The molecule has 1 aliphatic rings. The van der Waals surface area contributed by atoms with Crippen molar-refractivity contribution < 1.29 is 26.9 Å². The first-order chi connectivity index (χ1) is 13.8. The lowest BCUT2D eigenvalue weighted by atomic mass is 10.3. The molecule has 1 heterocycles. The van der Waals surface area contributed by atoms with E-state index in [2.05, 4.69) is 72.4 Å². The summed E-state index contributed by atoms with van der Waals surface area (Å²) in [5.74, 6) is -1.35. The molecule has 6 nitrogen and oxygen atoms in total. The first-order valence-corrected chi connectivity index (χ1v) is 26.9. The molecule has 0 spiro atoms. The Bertz CT molecular complexity index is 621. The molecule has 2 unspecified atom stereocenters. The van der Waals surface area contributed by atoms with Crippen molar-refractivity contribution in [1.29, 1.82) is 0 Å². The monoisotopic (exact) mass is 522 g/mol. The molecule has 0 aliphatic carbocycles. The lowest BCUT2D eigenvalue weighted by molar-refractivity contribution is -0.283. The maximum absolute atomic E-state index is 12.3. The second-order valence-electron chi connectivity index (χ2n) is 11.6. The topological polar surface area (TPSA) is 63.2 Å². The van der Waals surface area contributed by atoms with Crippen molar-refractivity contribution in [3.05, 3.63) is 12.2 Å². The van der Waals surface area contributed by atoms with Gasteiger partial charge in [0.05, 0.1) is 5.73 Å². The van der Waals surface area contributed by atoms with Gasteiger partial charge in [-0.3, -0.25) is 0 Å². The second kappa shape index (κ2) is 10.6. The van der Waals surface area contributed by atoms with Gasteiger partial charge >= 0.3 is 14.0 Å². The number of esters is 1. The van der Waals surface area contributed by atoms with Gasteiger partial charge in [0.15, 0.2) is 25.0 Å². The quantitative estimate of drug-likeness (QED) is 0.165. The van der Waals surface area contributed by atoms with Crippen LogP contribution in [0.25, 0.3) is 0 Å². The van der Waals surface area contributed by atoms with Crippen molar-refractivity contribution in [2.45, 2.75) is 110 Å². The lowest BCUT2D eigenvalue weighted by Crippen LogP contribution is -2.67. The van der Waals surface area contributed by atoms with Crippen LogP contribution in [0.15, 0.2) is 12.2 Å². The summed E-state index contributed by atoms with van der Waals surface area (Å²) in [7, 11) is -9.52. The largest absolute Gasteiger partial charge is 0.464 e. The molecule has 0 N–H and O–H groups in total. The van der Waals surface area contributed by atoms with Crippen molar-refractivity contribution in [3.63, 3.8) is 0 Å². The van der Waals surface area contributed by atoms with Gasteiger partial charge in [-0.1, -0.05) is 13.5 Å². The van der Waals surface area contributed by atoms with Crippen LogP contribution in [0.2, 0.25) is 65.0 Å². The Balaban J connectivity index is 3.35. The van der Waals surface area contributed by atoms with Crippen molar-refractivity contribution in [2.24, 2.45) is 0 Å². The average Bonchev–Trinajstić information content (AvgIpc) is 2.48. The van der Waals surface area contributed by atoms with E-state index >= 15 is 0 Å². The molecule has 1 saturated heterocycles. The number of ether oxygens (including phenoxy) is 1. The zero-order valence-corrected chi connectivity index (χ0v) is 27.2. The second-order valence-corrected chi connectivity index (χ2v) is 33.8. The molecule has 1 rings (SSSR count). The summed E-state index contributed by atoms with van der Waals surface area (Å²) in [6, 6.07) is 0.913. The molecule has 31 heavy (non-hydrogen) atoms. The highest BCUT2D eigenvalue weighted by molar-refractivity contribution is 7.20. The summed E-state index contributed by atoms with van der Waals surface area (Å²) in [5, 5.41) is 0. The number of hydrogen-bond acceptors (Lipinski definition) is 6. The van der Waals surface area contributed by atoms with Gasteiger partial charge in [-0.2, -0.15) is 0 Å². The molecule has 0 bridgehead atoms. The summed E-state index contributed by atoms with van der Waals surface area (Å²) in [6.07, 6.45) is 2.43. The molecule has 11 heteroatoms. The SMILES string of the molecule is C=C(C)C(=O)OC(CC)[SiH2][Si]1(O[Si](C)(C)C)CCCC(O[Si](C)(C)C)(O[Si](C)(C)C)O1. The molecule has 0 aromatic carbocycles. The van der Waals surface area contributed by atoms with Crippen LogP contribution in [0.5, 0.6) is 0 Å². The van der Waals surface area contributed by atoms with Gasteiger partial charge in [0, 0.05) is 12.0 Å². The van der Waals surface area contributed by atoms with E-state index in [4.69, 9.17) is 22.1 Å². The fraction of sp³-hybridized carbons (Fsp3) is 0.850.